The Morgan fingerprint density at radius 1 is 0.551 bits per heavy atom. The topological polar surface area (TPSA) is 63.9 Å². The van der Waals surface area contributed by atoms with Crippen LogP contribution in [0.4, 0.5) is 38.5 Å². The van der Waals surface area contributed by atoms with Crippen LogP contribution in [0.15, 0.2) is 218 Å². The first-order chi connectivity index (χ1) is 34.0. The Labute approximate surface area is 400 Å². The number of halogens is 1. The number of aromatic nitrogens is 2. The van der Waals surface area contributed by atoms with Crippen molar-refractivity contribution < 1.29 is 4.39 Å². The Kier molecular flexibility index (Phi) is 11.2. The van der Waals surface area contributed by atoms with Gasteiger partial charge in [0.15, 0.2) is 0 Å². The molecule has 0 radical (unpaired) electrons. The maximum absolute atomic E-state index is 14.7. The van der Waals surface area contributed by atoms with Crippen molar-refractivity contribution in [2.24, 2.45) is 0 Å². The number of alkyl halides is 1. The number of nitriles is 2. The number of fused-ring (bicyclic) bond motifs is 6. The maximum Gasteiger partial charge on any atom is 0.130 e. The van der Waals surface area contributed by atoms with Gasteiger partial charge in [0, 0.05) is 61.4 Å². The van der Waals surface area contributed by atoms with Gasteiger partial charge in [-0.05, 0) is 164 Å². The summed E-state index contributed by atoms with van der Waals surface area (Å²) in [6.45, 7) is 1.32. The van der Waals surface area contributed by atoms with E-state index in [1.807, 2.05) is 96.4 Å². The number of anilines is 6. The molecule has 10 aromatic rings. The lowest BCUT2D eigenvalue weighted by molar-refractivity contribution is 0.561. The van der Waals surface area contributed by atoms with Crippen LogP contribution < -0.4 is 9.80 Å². The van der Waals surface area contributed by atoms with Crippen LogP contribution in [0.1, 0.15) is 30.9 Å². The number of rotatable bonds is 11. The molecular weight excluding hydrogens is 848 g/mol. The Morgan fingerprint density at radius 3 is 1.51 bits per heavy atom. The normalized spacial score (nSPS) is 12.8. The molecule has 0 saturated carbocycles. The van der Waals surface area contributed by atoms with Gasteiger partial charge in [-0.3, -0.25) is 0 Å². The molecule has 0 amide bonds. The van der Waals surface area contributed by atoms with Gasteiger partial charge in [-0.25, -0.2) is 4.39 Å². The van der Waals surface area contributed by atoms with Gasteiger partial charge in [-0.15, -0.1) is 0 Å². The lowest BCUT2D eigenvalue weighted by atomic mass is 10.0. The van der Waals surface area contributed by atoms with Gasteiger partial charge in [0.1, 0.15) is 6.67 Å². The van der Waals surface area contributed by atoms with Crippen LogP contribution >= 0.6 is 0 Å². The highest BCUT2D eigenvalue weighted by Crippen LogP contribution is 2.43. The van der Waals surface area contributed by atoms with Gasteiger partial charge in [0.05, 0.1) is 51.0 Å². The van der Waals surface area contributed by atoms with E-state index in [0.717, 1.165) is 79.9 Å². The summed E-state index contributed by atoms with van der Waals surface area (Å²) >= 11 is 0. The molecule has 0 aliphatic heterocycles. The molecule has 11 rings (SSSR count). The largest absolute Gasteiger partial charge is 0.313 e. The summed E-state index contributed by atoms with van der Waals surface area (Å²) in [5, 5.41) is 23.8. The van der Waals surface area contributed by atoms with Gasteiger partial charge in [0.25, 0.3) is 0 Å². The van der Waals surface area contributed by atoms with Crippen molar-refractivity contribution in [1.82, 2.24) is 9.13 Å². The molecule has 2 heterocycles. The quantitative estimate of drug-likeness (QED) is 0.121. The number of hydrogen-bond acceptors (Lipinski definition) is 4. The van der Waals surface area contributed by atoms with E-state index >= 15 is 0 Å². The third-order valence-electron chi connectivity index (χ3n) is 13.1. The van der Waals surface area contributed by atoms with E-state index in [1.165, 1.54) is 27.5 Å². The van der Waals surface area contributed by atoms with E-state index < -0.39 is 6.67 Å². The Balaban J connectivity index is 0.966. The molecule has 1 aliphatic rings. The average Bonchev–Trinajstić information content (AvgIpc) is 3.92. The first kappa shape index (κ1) is 42.5. The molecule has 330 valence electrons. The molecule has 0 fully saturated rings. The van der Waals surface area contributed by atoms with Crippen molar-refractivity contribution in [3.05, 3.63) is 230 Å². The van der Waals surface area contributed by atoms with Crippen molar-refractivity contribution in [3.8, 4) is 23.3 Å². The second-order valence-corrected chi connectivity index (χ2v) is 17.1. The molecule has 0 atom stereocenters. The second-order valence-electron chi connectivity index (χ2n) is 17.1. The Bertz CT molecular complexity index is 3780. The monoisotopic (exact) mass is 892 g/mol. The van der Waals surface area contributed by atoms with Crippen molar-refractivity contribution in [2.75, 3.05) is 16.5 Å². The third kappa shape index (κ3) is 7.72. The van der Waals surface area contributed by atoms with E-state index in [0.29, 0.717) is 16.8 Å². The molecule has 8 aromatic carbocycles. The average molecular weight is 893 g/mol. The summed E-state index contributed by atoms with van der Waals surface area (Å²) < 4.78 is 19.1. The first-order valence-corrected chi connectivity index (χ1v) is 23.2. The highest BCUT2D eigenvalue weighted by molar-refractivity contribution is 6.12. The second kappa shape index (κ2) is 18.2. The summed E-state index contributed by atoms with van der Waals surface area (Å²) in [5.74, 6) is 0. The SMILES string of the molecule is C/C=C\C=C(/CF)n1c2ccccc2c2cc(N(c3ccc(C#N)cc3)c3ccc(-c4ccc(N(c5ccc(C#N)cc5)c5ccc6c(c5)c5ccccc5n6C5=CC=CCC5)cc4)cc3)ccc21. The zero-order valence-electron chi connectivity index (χ0n) is 38.0. The van der Waals surface area contributed by atoms with Crippen molar-refractivity contribution in [1.29, 1.82) is 10.5 Å². The minimum atomic E-state index is -0.609. The highest BCUT2D eigenvalue weighted by atomic mass is 19.1. The molecule has 1 aliphatic carbocycles. The zero-order chi connectivity index (χ0) is 46.8. The van der Waals surface area contributed by atoms with Crippen LogP contribution in [0, 0.1) is 22.7 Å². The van der Waals surface area contributed by atoms with Gasteiger partial charge in [-0.2, -0.15) is 10.5 Å². The van der Waals surface area contributed by atoms with Crippen LogP contribution in [0.3, 0.4) is 0 Å². The standard InChI is InChI=1S/C62H45FN6/c1-2-3-11-54(40-63)69-60-17-10-8-15-56(60)58-39-53(35-37-62(58)69)67(49-28-20-44(42-65)21-29-49)51-32-24-46(25-33-51)45-22-30-50(31-23-45)66(48-26-18-43(41-64)19-27-48)52-34-36-61-57(38-52)55-14-7-9-16-59(55)68(61)47-12-5-4-6-13-47/h2-5,7-12,14-39H,6,13,40H2,1H3/b3-2-,54-11+. The van der Waals surface area contributed by atoms with Crippen molar-refractivity contribution in [2.45, 2.75) is 19.8 Å². The first-order valence-electron chi connectivity index (χ1n) is 23.2. The maximum atomic E-state index is 14.7. The fraction of sp³-hybridized carbons (Fsp3) is 0.0645. The van der Waals surface area contributed by atoms with E-state index in [4.69, 9.17) is 0 Å². The highest BCUT2D eigenvalue weighted by Gasteiger charge is 2.21. The molecule has 6 nitrogen and oxygen atoms in total. The molecule has 2 aromatic heterocycles. The zero-order valence-corrected chi connectivity index (χ0v) is 38.0. The number of benzene rings is 8. The molecular formula is C62H45FN6. The molecule has 0 N–H and O–H groups in total. The number of para-hydroxylation sites is 2. The number of nitrogens with zero attached hydrogens (tertiary/aromatic N) is 6. The summed E-state index contributed by atoms with van der Waals surface area (Å²) in [4.78, 5) is 4.45. The van der Waals surface area contributed by atoms with E-state index in [9.17, 15) is 14.9 Å². The predicted molar refractivity (Wildman–Crippen MR) is 284 cm³/mol. The summed E-state index contributed by atoms with van der Waals surface area (Å²) in [5.41, 5.74) is 15.1. The van der Waals surface area contributed by atoms with Gasteiger partial charge in [0.2, 0.25) is 0 Å². The third-order valence-corrected chi connectivity index (χ3v) is 13.1. The summed E-state index contributed by atoms with van der Waals surface area (Å²) in [7, 11) is 0. The number of hydrogen-bond donors (Lipinski definition) is 0. The van der Waals surface area contributed by atoms with E-state index in [2.05, 4.69) is 160 Å². The smallest absolute Gasteiger partial charge is 0.130 e. The van der Waals surface area contributed by atoms with E-state index in [-0.39, 0.29) is 0 Å². The van der Waals surface area contributed by atoms with Gasteiger partial charge >= 0.3 is 0 Å². The van der Waals surface area contributed by atoms with Crippen molar-refractivity contribution in [3.63, 3.8) is 0 Å². The van der Waals surface area contributed by atoms with Crippen LogP contribution in [0.25, 0.3) is 66.1 Å². The van der Waals surface area contributed by atoms with Crippen LogP contribution in [-0.2, 0) is 0 Å². The Hall–Kier alpha value is -9.17. The molecule has 0 saturated heterocycles. The summed E-state index contributed by atoms with van der Waals surface area (Å²) in [6.07, 6.45) is 14.2. The van der Waals surface area contributed by atoms with Crippen LogP contribution in [0.5, 0.6) is 0 Å². The van der Waals surface area contributed by atoms with Gasteiger partial charge in [-0.1, -0.05) is 85.0 Å². The van der Waals surface area contributed by atoms with Crippen LogP contribution in [0.2, 0.25) is 0 Å². The minimum Gasteiger partial charge on any atom is -0.313 e. The molecule has 7 heteroatoms. The fourth-order valence-corrected chi connectivity index (χ4v) is 9.85. The lowest BCUT2D eigenvalue weighted by Crippen LogP contribution is -2.10. The van der Waals surface area contributed by atoms with Gasteiger partial charge < -0.3 is 18.9 Å². The number of allylic oxidation sites excluding steroid dienone is 8. The molecule has 0 unspecified atom stereocenters. The molecule has 0 bridgehead atoms. The lowest BCUT2D eigenvalue weighted by Gasteiger charge is -2.26. The predicted octanol–water partition coefficient (Wildman–Crippen LogP) is 16.8. The molecule has 0 spiro atoms. The summed E-state index contributed by atoms with van der Waals surface area (Å²) in [6, 6.07) is 66.9. The van der Waals surface area contributed by atoms with Crippen LogP contribution in [-0.4, -0.2) is 15.8 Å². The fourth-order valence-electron chi connectivity index (χ4n) is 9.85. The Morgan fingerprint density at radius 2 is 1.00 bits per heavy atom. The van der Waals surface area contributed by atoms with Crippen molar-refractivity contribution >= 4 is 89.1 Å². The van der Waals surface area contributed by atoms with E-state index in [1.54, 1.807) is 0 Å². The molecule has 69 heavy (non-hydrogen) atoms. The minimum absolute atomic E-state index is 0.563.